The van der Waals surface area contributed by atoms with E-state index in [-0.39, 0.29) is 11.8 Å². The van der Waals surface area contributed by atoms with Crippen LogP contribution in [0.1, 0.15) is 55.0 Å². The Morgan fingerprint density at radius 3 is 2.70 bits per heavy atom. The number of anilines is 1. The Balaban J connectivity index is 1.64. The molecule has 2 N–H and O–H groups in total. The molecule has 2 fully saturated rings. The quantitative estimate of drug-likeness (QED) is 0.833. The Kier molecular flexibility index (Phi) is 4.78. The van der Waals surface area contributed by atoms with Gasteiger partial charge in [-0.2, -0.15) is 0 Å². The molecule has 146 valence electrons. The molecule has 1 aliphatic carbocycles. The molecule has 0 unspecified atom stereocenters. The van der Waals surface area contributed by atoms with Crippen molar-refractivity contribution in [3.8, 4) is 0 Å². The normalized spacial score (nSPS) is 27.0. The molecule has 3 heterocycles. The van der Waals surface area contributed by atoms with E-state index in [1.54, 1.807) is 0 Å². The van der Waals surface area contributed by atoms with Gasteiger partial charge in [0.2, 0.25) is 5.91 Å². The van der Waals surface area contributed by atoms with Gasteiger partial charge in [0.25, 0.3) is 5.91 Å². The van der Waals surface area contributed by atoms with Crippen molar-refractivity contribution >= 4 is 17.6 Å². The number of piperidine rings is 1. The minimum absolute atomic E-state index is 0.0896. The summed E-state index contributed by atoms with van der Waals surface area (Å²) in [5.41, 5.74) is 1.51. The fraction of sp³-hybridized carbons (Fsp3) is 0.700. The van der Waals surface area contributed by atoms with Crippen LogP contribution in [0.25, 0.3) is 0 Å². The second kappa shape index (κ2) is 7.09. The highest BCUT2D eigenvalue weighted by atomic mass is 16.2. The first-order chi connectivity index (χ1) is 12.9. The number of carbonyl (C=O) groups excluding carboxylic acids is 2. The Bertz CT molecular complexity index is 763. The molecular formula is C20H29N5O2. The van der Waals surface area contributed by atoms with Crippen LogP contribution in [0, 0.1) is 17.8 Å². The molecule has 1 aromatic rings. The Morgan fingerprint density at radius 2 is 1.93 bits per heavy atom. The first-order valence-electron chi connectivity index (χ1n) is 10.1. The van der Waals surface area contributed by atoms with Crippen molar-refractivity contribution in [1.29, 1.82) is 0 Å². The zero-order chi connectivity index (χ0) is 19.1. The standard InChI is InChI=1S/C20H29N5O2/c1-11(2)6-16-23-18-15(4-5-21-20(18)27)19(24-16)25(3)14-7-12-9-17(26)22-10-13(12)8-14/h11-14H,4-10H2,1-3H3,(H,21,27)(H,22,26)/t12-,13+,14-/m0/s1. The molecular weight excluding hydrogens is 342 g/mol. The van der Waals surface area contributed by atoms with Gasteiger partial charge < -0.3 is 15.5 Å². The average molecular weight is 371 g/mol. The number of nitrogens with one attached hydrogen (secondary N) is 2. The van der Waals surface area contributed by atoms with Crippen LogP contribution in [-0.4, -0.2) is 48.0 Å². The van der Waals surface area contributed by atoms with Crippen molar-refractivity contribution in [2.45, 2.75) is 52.0 Å². The molecule has 7 heteroatoms. The van der Waals surface area contributed by atoms with Crippen LogP contribution in [0.3, 0.4) is 0 Å². The number of hydrogen-bond acceptors (Lipinski definition) is 5. The minimum atomic E-state index is -0.0896. The third-order valence-corrected chi connectivity index (χ3v) is 6.21. The van der Waals surface area contributed by atoms with Crippen LogP contribution in [0.4, 0.5) is 5.82 Å². The van der Waals surface area contributed by atoms with Gasteiger partial charge in [0.1, 0.15) is 17.3 Å². The highest BCUT2D eigenvalue weighted by Crippen LogP contribution is 2.40. The molecule has 2 amide bonds. The predicted molar refractivity (Wildman–Crippen MR) is 103 cm³/mol. The number of aromatic nitrogens is 2. The maximum absolute atomic E-state index is 12.4. The van der Waals surface area contributed by atoms with Gasteiger partial charge in [0.05, 0.1) is 0 Å². The summed E-state index contributed by atoms with van der Waals surface area (Å²) in [6.07, 6.45) is 4.24. The molecule has 27 heavy (non-hydrogen) atoms. The van der Waals surface area contributed by atoms with Gasteiger partial charge in [-0.05, 0) is 37.0 Å². The van der Waals surface area contributed by atoms with Crippen molar-refractivity contribution in [1.82, 2.24) is 20.6 Å². The molecule has 1 saturated carbocycles. The van der Waals surface area contributed by atoms with Crippen LogP contribution in [0.2, 0.25) is 0 Å². The van der Waals surface area contributed by atoms with Gasteiger partial charge in [-0.25, -0.2) is 9.97 Å². The van der Waals surface area contributed by atoms with Gasteiger partial charge in [-0.15, -0.1) is 0 Å². The van der Waals surface area contributed by atoms with E-state index in [1.165, 1.54) is 0 Å². The summed E-state index contributed by atoms with van der Waals surface area (Å²) >= 11 is 0. The van der Waals surface area contributed by atoms with Crippen molar-refractivity contribution in [2.75, 3.05) is 25.0 Å². The van der Waals surface area contributed by atoms with Gasteiger partial charge in [-0.3, -0.25) is 9.59 Å². The second-order valence-corrected chi connectivity index (χ2v) is 8.66. The maximum atomic E-state index is 12.4. The number of amides is 2. The zero-order valence-corrected chi connectivity index (χ0v) is 16.4. The lowest BCUT2D eigenvalue weighted by atomic mass is 9.89. The topological polar surface area (TPSA) is 87.2 Å². The van der Waals surface area contributed by atoms with Crippen molar-refractivity contribution in [3.05, 3.63) is 17.1 Å². The fourth-order valence-corrected chi connectivity index (χ4v) is 4.79. The van der Waals surface area contributed by atoms with Crippen LogP contribution < -0.4 is 15.5 Å². The molecule has 2 aliphatic heterocycles. The molecule has 3 atom stereocenters. The van der Waals surface area contributed by atoms with E-state index < -0.39 is 0 Å². The lowest BCUT2D eigenvalue weighted by Crippen LogP contribution is -2.38. The first kappa shape index (κ1) is 18.2. The first-order valence-corrected chi connectivity index (χ1v) is 10.1. The summed E-state index contributed by atoms with van der Waals surface area (Å²) in [4.78, 5) is 35.9. The second-order valence-electron chi connectivity index (χ2n) is 8.66. The maximum Gasteiger partial charge on any atom is 0.270 e. The van der Waals surface area contributed by atoms with Gasteiger partial charge in [-0.1, -0.05) is 13.8 Å². The Morgan fingerprint density at radius 1 is 1.15 bits per heavy atom. The van der Waals surface area contributed by atoms with Crippen LogP contribution in [0.15, 0.2) is 0 Å². The molecule has 7 nitrogen and oxygen atoms in total. The van der Waals surface area contributed by atoms with Gasteiger partial charge >= 0.3 is 0 Å². The molecule has 3 aliphatic rings. The zero-order valence-electron chi connectivity index (χ0n) is 16.4. The Hall–Kier alpha value is -2.18. The van der Waals surface area contributed by atoms with E-state index in [4.69, 9.17) is 4.98 Å². The van der Waals surface area contributed by atoms with Crippen molar-refractivity contribution in [2.24, 2.45) is 17.8 Å². The van der Waals surface area contributed by atoms with Gasteiger partial charge in [0, 0.05) is 44.6 Å². The molecule has 0 spiro atoms. The van der Waals surface area contributed by atoms with E-state index in [0.717, 1.165) is 49.4 Å². The smallest absolute Gasteiger partial charge is 0.270 e. The van der Waals surface area contributed by atoms with E-state index in [9.17, 15) is 9.59 Å². The van der Waals surface area contributed by atoms with Crippen LogP contribution in [0.5, 0.6) is 0 Å². The number of fused-ring (bicyclic) bond motifs is 2. The largest absolute Gasteiger partial charge is 0.356 e. The van der Waals surface area contributed by atoms with Gasteiger partial charge in [0.15, 0.2) is 0 Å². The van der Waals surface area contributed by atoms with Crippen LogP contribution in [-0.2, 0) is 17.6 Å². The summed E-state index contributed by atoms with van der Waals surface area (Å²) in [5.74, 6) is 3.18. The number of hydrogen-bond donors (Lipinski definition) is 2. The summed E-state index contributed by atoms with van der Waals surface area (Å²) in [7, 11) is 2.09. The SMILES string of the molecule is CC(C)Cc1nc2c(c(N(C)[C@H]3C[C@H]4CC(=O)NC[C@H]4C3)n1)CCNC2=O. The van der Waals surface area contributed by atoms with Crippen molar-refractivity contribution < 1.29 is 9.59 Å². The summed E-state index contributed by atoms with van der Waals surface area (Å²) in [5, 5.41) is 5.91. The lowest BCUT2D eigenvalue weighted by molar-refractivity contribution is -0.124. The number of nitrogens with zero attached hydrogens (tertiary/aromatic N) is 3. The average Bonchev–Trinajstić information content (AvgIpc) is 3.04. The lowest BCUT2D eigenvalue weighted by Gasteiger charge is -2.30. The summed E-state index contributed by atoms with van der Waals surface area (Å²) < 4.78 is 0. The monoisotopic (exact) mass is 371 g/mol. The number of carbonyl (C=O) groups is 2. The van der Waals surface area contributed by atoms with Crippen molar-refractivity contribution in [3.63, 3.8) is 0 Å². The third-order valence-electron chi connectivity index (χ3n) is 6.21. The van der Waals surface area contributed by atoms with E-state index in [2.05, 4.69) is 41.4 Å². The Labute approximate surface area is 160 Å². The van der Waals surface area contributed by atoms with Crippen LogP contribution >= 0.6 is 0 Å². The highest BCUT2D eigenvalue weighted by Gasteiger charge is 2.40. The highest BCUT2D eigenvalue weighted by molar-refractivity contribution is 5.96. The molecule has 4 rings (SSSR count). The molecule has 1 aromatic heterocycles. The molecule has 0 bridgehead atoms. The number of rotatable bonds is 4. The fourth-order valence-electron chi connectivity index (χ4n) is 4.79. The van der Waals surface area contributed by atoms with E-state index in [1.807, 2.05) is 0 Å². The molecule has 0 aromatic carbocycles. The summed E-state index contributed by atoms with van der Waals surface area (Å²) in [6, 6.07) is 0.351. The molecule has 1 saturated heterocycles. The summed E-state index contributed by atoms with van der Waals surface area (Å²) in [6.45, 7) is 5.69. The van der Waals surface area contributed by atoms with E-state index in [0.29, 0.717) is 42.5 Å². The predicted octanol–water partition coefficient (Wildman–Crippen LogP) is 1.31. The minimum Gasteiger partial charge on any atom is -0.356 e. The molecule has 0 radical (unpaired) electrons. The third kappa shape index (κ3) is 3.51. The van der Waals surface area contributed by atoms with E-state index >= 15 is 0 Å².